The molecule has 0 spiro atoms. The van der Waals surface area contributed by atoms with Gasteiger partial charge in [0.15, 0.2) is 4.88 Å². The molecular formula is C20H20BrN3O4S. The van der Waals surface area contributed by atoms with E-state index in [-0.39, 0.29) is 4.88 Å². The topological polar surface area (TPSA) is 93.6 Å². The van der Waals surface area contributed by atoms with Gasteiger partial charge in [0, 0.05) is 18.7 Å². The predicted molar refractivity (Wildman–Crippen MR) is 116 cm³/mol. The summed E-state index contributed by atoms with van der Waals surface area (Å²) in [5.41, 5.74) is 1.80. The second-order valence-electron chi connectivity index (χ2n) is 5.98. The van der Waals surface area contributed by atoms with Crippen LogP contribution in [0, 0.1) is 0 Å². The average Bonchev–Trinajstić information content (AvgIpc) is 3.13. The minimum atomic E-state index is -1.01. The smallest absolute Gasteiger partial charge is 0.349 e. The van der Waals surface area contributed by atoms with Crippen LogP contribution in [0.25, 0.3) is 10.6 Å². The third kappa shape index (κ3) is 5.24. The van der Waals surface area contributed by atoms with Gasteiger partial charge in [0.05, 0.1) is 28.8 Å². The van der Waals surface area contributed by atoms with E-state index >= 15 is 0 Å². The summed E-state index contributed by atoms with van der Waals surface area (Å²) in [4.78, 5) is 20.8. The third-order valence-corrected chi connectivity index (χ3v) is 5.79. The molecule has 0 fully saturated rings. The quantitative estimate of drug-likeness (QED) is 0.459. The Morgan fingerprint density at radius 3 is 2.76 bits per heavy atom. The first-order chi connectivity index (χ1) is 14.0. The molecule has 152 valence electrons. The Balaban J connectivity index is 1.69. The van der Waals surface area contributed by atoms with Crippen LogP contribution in [0.2, 0.25) is 0 Å². The molecule has 0 bridgehead atoms. The summed E-state index contributed by atoms with van der Waals surface area (Å²) >= 11 is 4.63. The first-order valence-corrected chi connectivity index (χ1v) is 10.5. The predicted octanol–water partition coefficient (Wildman–Crippen LogP) is 4.73. The fourth-order valence-corrected chi connectivity index (χ4v) is 4.20. The maximum absolute atomic E-state index is 11.4. The zero-order valence-electron chi connectivity index (χ0n) is 15.9. The van der Waals surface area contributed by atoms with Crippen LogP contribution < -0.4 is 14.8 Å². The fraction of sp³-hybridized carbons (Fsp3) is 0.250. The van der Waals surface area contributed by atoms with Crippen molar-refractivity contribution in [2.75, 3.05) is 25.6 Å². The molecule has 0 saturated heterocycles. The van der Waals surface area contributed by atoms with Crippen molar-refractivity contribution in [3.05, 3.63) is 51.6 Å². The van der Waals surface area contributed by atoms with Gasteiger partial charge in [-0.25, -0.2) is 14.8 Å². The zero-order valence-corrected chi connectivity index (χ0v) is 18.3. The number of halogens is 1. The number of hydrogen-bond donors (Lipinski definition) is 2. The zero-order chi connectivity index (χ0) is 20.8. The van der Waals surface area contributed by atoms with Crippen molar-refractivity contribution in [3.8, 4) is 22.1 Å². The van der Waals surface area contributed by atoms with Crippen molar-refractivity contribution in [2.24, 2.45) is 0 Å². The Morgan fingerprint density at radius 2 is 2.07 bits per heavy atom. The van der Waals surface area contributed by atoms with Gasteiger partial charge in [0.2, 0.25) is 0 Å². The summed E-state index contributed by atoms with van der Waals surface area (Å²) in [5.74, 6) is 0.817. The number of thiophene rings is 1. The van der Waals surface area contributed by atoms with Crippen LogP contribution in [-0.4, -0.2) is 41.3 Å². The highest BCUT2D eigenvalue weighted by Gasteiger charge is 2.18. The summed E-state index contributed by atoms with van der Waals surface area (Å²) in [6.45, 7) is 2.90. The summed E-state index contributed by atoms with van der Waals surface area (Å²) in [6, 6.07) is 9.48. The lowest BCUT2D eigenvalue weighted by Gasteiger charge is -2.08. The lowest BCUT2D eigenvalue weighted by molar-refractivity contribution is 0.0698. The maximum atomic E-state index is 11.4. The van der Waals surface area contributed by atoms with Gasteiger partial charge in [0.1, 0.15) is 23.6 Å². The molecule has 2 N–H and O–H groups in total. The Labute approximate surface area is 180 Å². The van der Waals surface area contributed by atoms with E-state index in [4.69, 9.17) is 9.47 Å². The number of nitrogens with zero attached hydrogens (tertiary/aromatic N) is 2. The summed E-state index contributed by atoms with van der Waals surface area (Å²) in [7, 11) is 1.64. The molecule has 0 aliphatic carbocycles. The minimum Gasteiger partial charge on any atom is -0.496 e. The number of hydrogen-bond acceptors (Lipinski definition) is 7. The van der Waals surface area contributed by atoms with Gasteiger partial charge in [-0.05, 0) is 47.0 Å². The lowest BCUT2D eigenvalue weighted by atomic mass is 10.1. The molecular weight excluding hydrogens is 458 g/mol. The Hall–Kier alpha value is -2.65. The molecule has 7 nitrogen and oxygen atoms in total. The molecule has 0 saturated carbocycles. The Bertz CT molecular complexity index is 1010. The van der Waals surface area contributed by atoms with E-state index in [9.17, 15) is 9.90 Å². The van der Waals surface area contributed by atoms with Gasteiger partial charge in [-0.3, -0.25) is 0 Å². The van der Waals surface area contributed by atoms with Crippen molar-refractivity contribution in [1.29, 1.82) is 0 Å². The van der Waals surface area contributed by atoms with E-state index in [0.717, 1.165) is 38.4 Å². The molecule has 9 heteroatoms. The van der Waals surface area contributed by atoms with E-state index < -0.39 is 5.97 Å². The van der Waals surface area contributed by atoms with Gasteiger partial charge in [-0.1, -0.05) is 6.07 Å². The second-order valence-corrected chi connectivity index (χ2v) is 7.88. The molecule has 3 aromatic rings. The number of rotatable bonds is 9. The molecule has 0 amide bonds. The second kappa shape index (κ2) is 9.71. The van der Waals surface area contributed by atoms with Crippen molar-refractivity contribution >= 4 is 39.1 Å². The van der Waals surface area contributed by atoms with Gasteiger partial charge in [0.25, 0.3) is 0 Å². The third-order valence-electron chi connectivity index (χ3n) is 4.05. The molecule has 0 aliphatic rings. The summed E-state index contributed by atoms with van der Waals surface area (Å²) in [5, 5.41) is 12.6. The van der Waals surface area contributed by atoms with Crippen LogP contribution >= 0.6 is 27.3 Å². The summed E-state index contributed by atoms with van der Waals surface area (Å²) in [6.07, 6.45) is 2.26. The van der Waals surface area contributed by atoms with Gasteiger partial charge >= 0.3 is 5.97 Å². The number of carboxylic acids is 1. The molecule has 1 aromatic carbocycles. The van der Waals surface area contributed by atoms with Crippen LogP contribution in [0.15, 0.2) is 41.1 Å². The normalized spacial score (nSPS) is 10.6. The first-order valence-electron chi connectivity index (χ1n) is 8.90. The van der Waals surface area contributed by atoms with Crippen molar-refractivity contribution < 1.29 is 19.4 Å². The molecule has 3 rings (SSSR count). The Morgan fingerprint density at radius 1 is 1.24 bits per heavy atom. The number of carbonyl (C=O) groups is 1. The van der Waals surface area contributed by atoms with Crippen LogP contribution in [0.4, 0.5) is 5.82 Å². The molecule has 0 unspecified atom stereocenters. The molecule has 2 heterocycles. The van der Waals surface area contributed by atoms with E-state index in [0.29, 0.717) is 30.4 Å². The SMILES string of the molecule is CCOc1cc(-c2cc(NCCc3ccc(OC)c(Br)c3)ncn2)sc1C(=O)O. The number of nitrogens with one attached hydrogen (secondary N) is 1. The Kier molecular flexibility index (Phi) is 7.05. The highest BCUT2D eigenvalue weighted by Crippen LogP contribution is 2.36. The van der Waals surface area contributed by atoms with Crippen LogP contribution in [0.3, 0.4) is 0 Å². The fourth-order valence-electron chi connectivity index (χ4n) is 2.70. The number of ether oxygens (including phenoxy) is 2. The molecule has 2 aromatic heterocycles. The highest BCUT2D eigenvalue weighted by atomic mass is 79.9. The molecule has 0 radical (unpaired) electrons. The van der Waals surface area contributed by atoms with Crippen LogP contribution in [-0.2, 0) is 6.42 Å². The minimum absolute atomic E-state index is 0.167. The average molecular weight is 478 g/mol. The van der Waals surface area contributed by atoms with Crippen molar-refractivity contribution in [2.45, 2.75) is 13.3 Å². The van der Waals surface area contributed by atoms with E-state index in [1.165, 1.54) is 6.33 Å². The van der Waals surface area contributed by atoms with E-state index in [2.05, 4.69) is 31.2 Å². The van der Waals surface area contributed by atoms with Gasteiger partial charge in [-0.15, -0.1) is 11.3 Å². The molecule has 29 heavy (non-hydrogen) atoms. The number of methoxy groups -OCH3 is 1. The van der Waals surface area contributed by atoms with Gasteiger partial charge in [-0.2, -0.15) is 0 Å². The number of aromatic carboxylic acids is 1. The van der Waals surface area contributed by atoms with Crippen LogP contribution in [0.5, 0.6) is 11.5 Å². The highest BCUT2D eigenvalue weighted by molar-refractivity contribution is 9.10. The first kappa shape index (κ1) is 21.1. The number of aromatic nitrogens is 2. The summed E-state index contributed by atoms with van der Waals surface area (Å²) < 4.78 is 11.6. The monoisotopic (exact) mass is 477 g/mol. The van der Waals surface area contributed by atoms with E-state index in [1.807, 2.05) is 25.1 Å². The van der Waals surface area contributed by atoms with Gasteiger partial charge < -0.3 is 19.9 Å². The lowest BCUT2D eigenvalue weighted by Crippen LogP contribution is -2.06. The number of carboxylic acid groups (broad SMARTS) is 1. The van der Waals surface area contributed by atoms with Crippen LogP contribution in [0.1, 0.15) is 22.2 Å². The molecule has 0 aliphatic heterocycles. The number of anilines is 1. The van der Waals surface area contributed by atoms with E-state index in [1.54, 1.807) is 19.2 Å². The van der Waals surface area contributed by atoms with Crippen molar-refractivity contribution in [3.63, 3.8) is 0 Å². The standard InChI is InChI=1S/C20H20BrN3O4S/c1-3-28-16-10-17(29-19(16)20(25)26)14-9-18(24-11-23-14)22-7-6-12-4-5-15(27-2)13(21)8-12/h4-5,8-11H,3,6-7H2,1-2H3,(H,25,26)(H,22,23,24). The molecule has 0 atom stereocenters. The largest absolute Gasteiger partial charge is 0.496 e. The maximum Gasteiger partial charge on any atom is 0.349 e. The number of benzene rings is 1. The van der Waals surface area contributed by atoms with Crippen molar-refractivity contribution in [1.82, 2.24) is 9.97 Å².